The molecule has 4 N–H and O–H groups in total. The molecule has 1 saturated heterocycles. The molecule has 0 aliphatic carbocycles. The lowest BCUT2D eigenvalue weighted by Crippen LogP contribution is -2.39. The fourth-order valence-corrected chi connectivity index (χ4v) is 3.70. The Morgan fingerprint density at radius 3 is 2.56 bits per heavy atom. The normalized spacial score (nSPS) is 19.5. The van der Waals surface area contributed by atoms with Crippen LogP contribution >= 0.6 is 0 Å². The van der Waals surface area contributed by atoms with Gasteiger partial charge in [0.1, 0.15) is 10.6 Å². The molecule has 9 nitrogen and oxygen atoms in total. The summed E-state index contributed by atoms with van der Waals surface area (Å²) in [7, 11) is -4.03. The number of primary sulfonamides is 1. The van der Waals surface area contributed by atoms with Gasteiger partial charge in [0.15, 0.2) is 5.75 Å². The first kappa shape index (κ1) is 23.5. The fourth-order valence-electron chi connectivity index (χ4n) is 3.10. The molecule has 13 heteroatoms. The van der Waals surface area contributed by atoms with Crippen LogP contribution in [-0.2, 0) is 26.7 Å². The first-order valence-corrected chi connectivity index (χ1v) is 11.2. The van der Waals surface area contributed by atoms with E-state index in [0.29, 0.717) is 11.3 Å². The minimum absolute atomic E-state index is 0.0169. The number of aliphatic imine (C=N–C) groups is 1. The molecule has 0 bridgehead atoms. The van der Waals surface area contributed by atoms with Gasteiger partial charge in [0.2, 0.25) is 15.7 Å². The Morgan fingerprint density at radius 1 is 1.15 bits per heavy atom. The second-order valence-corrected chi connectivity index (χ2v) is 8.87. The summed E-state index contributed by atoms with van der Waals surface area (Å²) in [5.41, 5.74) is 4.38. The van der Waals surface area contributed by atoms with Gasteiger partial charge in [0.05, 0.1) is 17.4 Å². The van der Waals surface area contributed by atoms with Crippen LogP contribution in [0.15, 0.2) is 76.9 Å². The molecular formula is C21H18F3N5O4S. The Hall–Kier alpha value is -3.68. The summed E-state index contributed by atoms with van der Waals surface area (Å²) in [6.07, 6.45) is -2.03. The number of nitrogens with zero attached hydrogens (tertiary/aromatic N) is 2. The van der Waals surface area contributed by atoms with E-state index in [2.05, 4.69) is 20.8 Å². The van der Waals surface area contributed by atoms with Crippen LogP contribution in [0.25, 0.3) is 0 Å². The second kappa shape index (κ2) is 8.59. The highest BCUT2D eigenvalue weighted by Gasteiger charge is 2.36. The van der Waals surface area contributed by atoms with Gasteiger partial charge in [0.25, 0.3) is 0 Å². The summed E-state index contributed by atoms with van der Waals surface area (Å²) in [6, 6.07) is 12.4. The number of hydrogen-bond donors (Lipinski definition) is 3. The van der Waals surface area contributed by atoms with Crippen molar-refractivity contribution in [3.05, 3.63) is 78.1 Å². The summed E-state index contributed by atoms with van der Waals surface area (Å²) < 4.78 is 73.6. The summed E-state index contributed by atoms with van der Waals surface area (Å²) >= 11 is 0. The fraction of sp³-hybridized carbons (Fsp3) is 0.143. The van der Waals surface area contributed by atoms with Crippen molar-refractivity contribution in [3.8, 4) is 11.5 Å². The average Bonchev–Trinajstić information content (AvgIpc) is 3.15. The first-order valence-electron chi connectivity index (χ1n) is 9.67. The molecule has 4 rings (SSSR count). The molecule has 1 aromatic heterocycles. The number of rotatable bonds is 5. The monoisotopic (exact) mass is 493 g/mol. The number of amidine groups is 1. The third-order valence-corrected chi connectivity index (χ3v) is 5.72. The van der Waals surface area contributed by atoms with Crippen molar-refractivity contribution in [2.75, 3.05) is 0 Å². The summed E-state index contributed by atoms with van der Waals surface area (Å²) in [5, 5.41) is 5.19. The number of ether oxygens (including phenoxy) is 2. The molecule has 34 heavy (non-hydrogen) atoms. The predicted octanol–water partition coefficient (Wildman–Crippen LogP) is 3.52. The Labute approximate surface area is 192 Å². The topological polar surface area (TPSA) is 128 Å². The molecule has 0 spiro atoms. The number of hydrogen-bond acceptors (Lipinski definition) is 7. The quantitative estimate of drug-likeness (QED) is 0.496. The summed E-state index contributed by atoms with van der Waals surface area (Å²) in [5.74, 6) is 0.344. The highest BCUT2D eigenvalue weighted by Crippen LogP contribution is 2.33. The number of nitrogens with one attached hydrogen (secondary N) is 2. The van der Waals surface area contributed by atoms with Gasteiger partial charge in [-0.25, -0.2) is 13.6 Å². The van der Waals surface area contributed by atoms with Crippen LogP contribution in [0.3, 0.4) is 0 Å². The lowest BCUT2D eigenvalue weighted by Gasteiger charge is -2.22. The number of hydrazine groups is 1. The van der Waals surface area contributed by atoms with E-state index in [0.717, 1.165) is 18.3 Å². The van der Waals surface area contributed by atoms with Gasteiger partial charge in [-0.2, -0.15) is 23.6 Å². The number of nitrogens with two attached hydrogens (primary N) is 1. The van der Waals surface area contributed by atoms with Gasteiger partial charge in [-0.3, -0.25) is 10.4 Å². The molecule has 1 fully saturated rings. The van der Waals surface area contributed by atoms with E-state index in [-0.39, 0.29) is 22.4 Å². The summed E-state index contributed by atoms with van der Waals surface area (Å²) in [6.45, 7) is 1.69. The highest BCUT2D eigenvalue weighted by molar-refractivity contribution is 7.89. The van der Waals surface area contributed by atoms with Gasteiger partial charge in [-0.1, -0.05) is 6.07 Å². The van der Waals surface area contributed by atoms with Crippen molar-refractivity contribution in [1.29, 1.82) is 0 Å². The zero-order chi connectivity index (χ0) is 24.6. The molecule has 0 amide bonds. The molecule has 0 saturated carbocycles. The van der Waals surface area contributed by atoms with Crippen LogP contribution in [-0.4, -0.2) is 19.4 Å². The number of alkyl halides is 3. The number of pyridine rings is 1. The van der Waals surface area contributed by atoms with Gasteiger partial charge in [-0.05, 0) is 49.4 Å². The third-order valence-electron chi connectivity index (χ3n) is 4.80. The number of aromatic nitrogens is 1. The van der Waals surface area contributed by atoms with Gasteiger partial charge < -0.3 is 9.47 Å². The lowest BCUT2D eigenvalue weighted by atomic mass is 10.1. The van der Waals surface area contributed by atoms with Gasteiger partial charge >= 0.3 is 12.2 Å². The summed E-state index contributed by atoms with van der Waals surface area (Å²) in [4.78, 5) is 7.57. The minimum atomic E-state index is -4.48. The number of sulfonamides is 1. The van der Waals surface area contributed by atoms with Crippen LogP contribution in [0.1, 0.15) is 18.1 Å². The van der Waals surface area contributed by atoms with E-state index in [4.69, 9.17) is 14.6 Å². The van der Waals surface area contributed by atoms with Crippen molar-refractivity contribution in [1.82, 2.24) is 15.8 Å². The van der Waals surface area contributed by atoms with E-state index in [1.165, 1.54) is 24.4 Å². The Balaban J connectivity index is 1.51. The molecule has 2 heterocycles. The SMILES string of the molecule is CC1(c2ccc(Oc3ccncc3S(N)(=O)=O)cc2)NNC(=Nc2cccc(C(F)(F)F)c2)O1. The molecule has 1 aliphatic heterocycles. The van der Waals surface area contributed by atoms with Crippen molar-refractivity contribution in [2.45, 2.75) is 23.7 Å². The molecule has 3 aromatic rings. The Morgan fingerprint density at radius 2 is 1.88 bits per heavy atom. The highest BCUT2D eigenvalue weighted by atomic mass is 32.2. The Bertz CT molecular complexity index is 1350. The van der Waals surface area contributed by atoms with E-state index >= 15 is 0 Å². The molecule has 0 radical (unpaired) electrons. The van der Waals surface area contributed by atoms with E-state index in [9.17, 15) is 21.6 Å². The van der Waals surface area contributed by atoms with Gasteiger partial charge in [-0.15, -0.1) is 0 Å². The van der Waals surface area contributed by atoms with E-state index in [1.807, 2.05) is 0 Å². The zero-order valence-electron chi connectivity index (χ0n) is 17.5. The van der Waals surface area contributed by atoms with Crippen molar-refractivity contribution < 1.29 is 31.1 Å². The largest absolute Gasteiger partial charge is 0.456 e. The smallest absolute Gasteiger partial charge is 0.416 e. The average molecular weight is 493 g/mol. The van der Waals surface area contributed by atoms with Crippen LogP contribution in [0.5, 0.6) is 11.5 Å². The molecule has 2 aromatic carbocycles. The van der Waals surface area contributed by atoms with Crippen LogP contribution in [0.4, 0.5) is 18.9 Å². The van der Waals surface area contributed by atoms with E-state index in [1.54, 1.807) is 31.2 Å². The number of benzene rings is 2. The van der Waals surface area contributed by atoms with Crippen LogP contribution in [0, 0.1) is 0 Å². The van der Waals surface area contributed by atoms with Crippen molar-refractivity contribution >= 4 is 21.7 Å². The van der Waals surface area contributed by atoms with Crippen LogP contribution < -0.4 is 20.7 Å². The Kier molecular flexibility index (Phi) is 5.93. The minimum Gasteiger partial charge on any atom is -0.456 e. The molecular weight excluding hydrogens is 475 g/mol. The zero-order valence-corrected chi connectivity index (χ0v) is 18.3. The van der Waals surface area contributed by atoms with Crippen LogP contribution in [0.2, 0.25) is 0 Å². The maximum Gasteiger partial charge on any atom is 0.416 e. The second-order valence-electron chi connectivity index (χ2n) is 7.34. The first-order chi connectivity index (χ1) is 15.9. The molecule has 1 aliphatic rings. The molecule has 178 valence electrons. The predicted molar refractivity (Wildman–Crippen MR) is 115 cm³/mol. The molecule has 1 atom stereocenters. The number of halogens is 3. The lowest BCUT2D eigenvalue weighted by molar-refractivity contribution is -0.137. The standard InChI is InChI=1S/C21H18F3N5O4S/c1-20(29-28-19(33-20)27-15-4-2-3-14(11-15)21(22,23)24)13-5-7-16(8-6-13)32-17-9-10-26-12-18(17)34(25,30)31/h2-12,29H,1H3,(H,27,28)(H2,25,30,31). The maximum absolute atomic E-state index is 12.9. The van der Waals surface area contributed by atoms with Crippen molar-refractivity contribution in [3.63, 3.8) is 0 Å². The van der Waals surface area contributed by atoms with Gasteiger partial charge in [0, 0.05) is 17.8 Å². The van der Waals surface area contributed by atoms with E-state index < -0.39 is 27.5 Å². The third kappa shape index (κ3) is 5.11. The van der Waals surface area contributed by atoms with Crippen molar-refractivity contribution in [2.24, 2.45) is 10.1 Å². The maximum atomic E-state index is 12.9. The molecule has 1 unspecified atom stereocenters.